The number of fused-ring (bicyclic) bond motifs is 1. The van der Waals surface area contributed by atoms with Gasteiger partial charge in [-0.25, -0.2) is 0 Å². The van der Waals surface area contributed by atoms with Gasteiger partial charge >= 0.3 is 0 Å². The minimum Gasteiger partial charge on any atom is -0.343 e. The van der Waals surface area contributed by atoms with E-state index in [4.69, 9.17) is 0 Å². The van der Waals surface area contributed by atoms with Crippen LogP contribution in [0.3, 0.4) is 0 Å². The van der Waals surface area contributed by atoms with Crippen LogP contribution in [0.5, 0.6) is 0 Å². The highest BCUT2D eigenvalue weighted by molar-refractivity contribution is 6.23. The highest BCUT2D eigenvalue weighted by atomic mass is 16.2. The molecule has 0 aromatic heterocycles. The summed E-state index contributed by atoms with van der Waals surface area (Å²) < 4.78 is 0. The first kappa shape index (κ1) is 20.5. The van der Waals surface area contributed by atoms with Crippen LogP contribution < -0.4 is 5.32 Å². The molecule has 1 N–H and O–H groups in total. The van der Waals surface area contributed by atoms with Crippen molar-refractivity contribution in [1.29, 1.82) is 0 Å². The van der Waals surface area contributed by atoms with Crippen molar-refractivity contribution in [3.63, 3.8) is 0 Å². The number of amides is 3. The summed E-state index contributed by atoms with van der Waals surface area (Å²) in [6.45, 7) is 3.46. The monoisotopic (exact) mass is 412 g/mol. The molecule has 3 aromatic rings. The van der Waals surface area contributed by atoms with Gasteiger partial charge in [-0.2, -0.15) is 0 Å². The lowest BCUT2D eigenvalue weighted by Crippen LogP contribution is -2.59. The Labute approximate surface area is 181 Å². The molecule has 1 aliphatic heterocycles. The summed E-state index contributed by atoms with van der Waals surface area (Å²) in [4.78, 5) is 40.9. The van der Waals surface area contributed by atoms with E-state index in [2.05, 4.69) is 5.32 Å². The van der Waals surface area contributed by atoms with Gasteiger partial charge in [-0.05, 0) is 36.6 Å². The van der Waals surface area contributed by atoms with Gasteiger partial charge in [0, 0.05) is 0 Å². The van der Waals surface area contributed by atoms with Crippen LogP contribution in [-0.2, 0) is 4.79 Å². The number of benzene rings is 3. The average molecular weight is 412 g/mol. The molecule has 1 aliphatic rings. The molecule has 0 saturated heterocycles. The third-order valence-corrected chi connectivity index (χ3v) is 6.01. The van der Waals surface area contributed by atoms with Crippen molar-refractivity contribution in [2.45, 2.75) is 31.8 Å². The minimum absolute atomic E-state index is 0.292. The van der Waals surface area contributed by atoms with Crippen LogP contribution in [0.25, 0.3) is 0 Å². The molecule has 0 fully saturated rings. The van der Waals surface area contributed by atoms with E-state index in [1.807, 2.05) is 67.6 Å². The highest BCUT2D eigenvalue weighted by Gasteiger charge is 2.50. The van der Waals surface area contributed by atoms with Crippen LogP contribution in [-0.4, -0.2) is 28.2 Å². The summed E-state index contributed by atoms with van der Waals surface area (Å²) >= 11 is 0. The number of carbonyl (C=O) groups excluding carboxylic acids is 3. The van der Waals surface area contributed by atoms with Gasteiger partial charge in [-0.3, -0.25) is 19.3 Å². The molecule has 5 nitrogen and oxygen atoms in total. The van der Waals surface area contributed by atoms with E-state index in [0.29, 0.717) is 17.5 Å². The fourth-order valence-corrected chi connectivity index (χ4v) is 3.99. The van der Waals surface area contributed by atoms with Crippen molar-refractivity contribution >= 4 is 17.7 Å². The SMILES string of the molecule is CCC(C)(C(=O)NC(c1ccccc1)c1ccccc1)N1C(=O)c2ccccc2C1=O. The molecule has 0 saturated carbocycles. The number of hydrogen-bond donors (Lipinski definition) is 1. The number of imide groups is 1. The second-order valence-corrected chi connectivity index (χ2v) is 7.85. The third kappa shape index (κ3) is 3.52. The minimum atomic E-state index is -1.32. The van der Waals surface area contributed by atoms with Crippen LogP contribution >= 0.6 is 0 Å². The van der Waals surface area contributed by atoms with Gasteiger partial charge in [0.05, 0.1) is 17.2 Å². The zero-order valence-corrected chi connectivity index (χ0v) is 17.5. The van der Waals surface area contributed by atoms with Crippen molar-refractivity contribution in [3.05, 3.63) is 107 Å². The largest absolute Gasteiger partial charge is 0.343 e. The van der Waals surface area contributed by atoms with Gasteiger partial charge in [0.15, 0.2) is 0 Å². The van der Waals surface area contributed by atoms with Gasteiger partial charge in [-0.15, -0.1) is 0 Å². The van der Waals surface area contributed by atoms with E-state index in [9.17, 15) is 14.4 Å². The number of nitrogens with one attached hydrogen (secondary N) is 1. The highest BCUT2D eigenvalue weighted by Crippen LogP contribution is 2.33. The topological polar surface area (TPSA) is 66.5 Å². The average Bonchev–Trinajstić information content (AvgIpc) is 3.08. The molecule has 4 rings (SSSR count). The predicted octanol–water partition coefficient (Wildman–Crippen LogP) is 4.36. The first-order chi connectivity index (χ1) is 15.0. The van der Waals surface area contributed by atoms with Crippen LogP contribution in [0.4, 0.5) is 0 Å². The van der Waals surface area contributed by atoms with Crippen LogP contribution in [0.1, 0.15) is 58.2 Å². The fourth-order valence-electron chi connectivity index (χ4n) is 3.99. The summed E-state index contributed by atoms with van der Waals surface area (Å²) in [6, 6.07) is 25.6. The Morgan fingerprint density at radius 2 is 1.23 bits per heavy atom. The van der Waals surface area contributed by atoms with E-state index in [0.717, 1.165) is 16.0 Å². The number of nitrogens with zero attached hydrogens (tertiary/aromatic N) is 1. The molecule has 3 amide bonds. The molecule has 5 heteroatoms. The molecular weight excluding hydrogens is 388 g/mol. The lowest BCUT2D eigenvalue weighted by molar-refractivity contribution is -0.130. The van der Waals surface area contributed by atoms with Gasteiger partial charge in [0.1, 0.15) is 5.54 Å². The molecule has 0 aliphatic carbocycles. The first-order valence-electron chi connectivity index (χ1n) is 10.4. The fraction of sp³-hybridized carbons (Fsp3) is 0.192. The van der Waals surface area contributed by atoms with Gasteiger partial charge in [0.25, 0.3) is 11.8 Å². The Kier molecular flexibility index (Phi) is 5.42. The van der Waals surface area contributed by atoms with Crippen molar-refractivity contribution in [1.82, 2.24) is 10.2 Å². The normalized spacial score (nSPS) is 15.0. The lowest BCUT2D eigenvalue weighted by atomic mass is 9.92. The Hall–Kier alpha value is -3.73. The van der Waals surface area contributed by atoms with E-state index in [1.54, 1.807) is 31.2 Å². The predicted molar refractivity (Wildman–Crippen MR) is 119 cm³/mol. The summed E-state index contributed by atoms with van der Waals surface area (Å²) in [5.41, 5.74) is 1.19. The lowest BCUT2D eigenvalue weighted by Gasteiger charge is -2.36. The molecule has 0 bridgehead atoms. The summed E-state index contributed by atoms with van der Waals surface area (Å²) in [5, 5.41) is 3.10. The van der Waals surface area contributed by atoms with E-state index in [1.165, 1.54) is 0 Å². The third-order valence-electron chi connectivity index (χ3n) is 6.01. The van der Waals surface area contributed by atoms with Crippen LogP contribution in [0.15, 0.2) is 84.9 Å². The van der Waals surface area contributed by atoms with E-state index >= 15 is 0 Å². The zero-order chi connectivity index (χ0) is 22.0. The molecular formula is C26H24N2O3. The molecule has 3 aromatic carbocycles. The number of carbonyl (C=O) groups is 3. The summed E-state index contributed by atoms with van der Waals surface area (Å²) in [6.07, 6.45) is 0.292. The maximum Gasteiger partial charge on any atom is 0.262 e. The van der Waals surface area contributed by atoms with E-state index in [-0.39, 0.29) is 5.91 Å². The smallest absolute Gasteiger partial charge is 0.262 e. The van der Waals surface area contributed by atoms with Crippen molar-refractivity contribution in [2.75, 3.05) is 0 Å². The Morgan fingerprint density at radius 3 is 1.65 bits per heavy atom. The first-order valence-corrected chi connectivity index (χ1v) is 10.4. The second-order valence-electron chi connectivity index (χ2n) is 7.85. The molecule has 0 radical (unpaired) electrons. The molecule has 1 unspecified atom stereocenters. The Balaban J connectivity index is 1.69. The maximum absolute atomic E-state index is 13.6. The molecule has 0 spiro atoms. The summed E-state index contributed by atoms with van der Waals surface area (Å²) in [7, 11) is 0. The second kappa shape index (κ2) is 8.19. The van der Waals surface area contributed by atoms with Gasteiger partial charge in [-0.1, -0.05) is 79.7 Å². The zero-order valence-electron chi connectivity index (χ0n) is 17.5. The van der Waals surface area contributed by atoms with E-state index < -0.39 is 23.4 Å². The number of rotatable bonds is 6. The van der Waals surface area contributed by atoms with Crippen LogP contribution in [0, 0.1) is 0 Å². The van der Waals surface area contributed by atoms with Crippen LogP contribution in [0.2, 0.25) is 0 Å². The maximum atomic E-state index is 13.6. The summed E-state index contributed by atoms with van der Waals surface area (Å²) in [5.74, 6) is -1.24. The van der Waals surface area contributed by atoms with Gasteiger partial charge < -0.3 is 5.32 Å². The Morgan fingerprint density at radius 1 is 0.806 bits per heavy atom. The number of hydrogen-bond acceptors (Lipinski definition) is 3. The van der Waals surface area contributed by atoms with Crippen molar-refractivity contribution < 1.29 is 14.4 Å². The quantitative estimate of drug-likeness (QED) is 0.612. The van der Waals surface area contributed by atoms with Crippen molar-refractivity contribution in [2.24, 2.45) is 0 Å². The molecule has 31 heavy (non-hydrogen) atoms. The molecule has 1 atom stereocenters. The molecule has 156 valence electrons. The molecule has 1 heterocycles. The Bertz CT molecular complexity index is 1050. The van der Waals surface area contributed by atoms with Crippen molar-refractivity contribution in [3.8, 4) is 0 Å². The standard InChI is InChI=1S/C26H24N2O3/c1-3-26(2,28-23(29)20-16-10-11-17-21(20)24(28)30)25(31)27-22(18-12-6-4-7-13-18)19-14-8-5-9-15-19/h4-17,22H,3H2,1-2H3,(H,27,31). The van der Waals surface area contributed by atoms with Gasteiger partial charge in [0.2, 0.25) is 5.91 Å².